The molecule has 0 aromatic carbocycles. The van der Waals surface area contributed by atoms with Crippen LogP contribution in [0.15, 0.2) is 0 Å². The predicted molar refractivity (Wildman–Crippen MR) is 86.6 cm³/mol. The quantitative estimate of drug-likeness (QED) is 0.477. The number of aliphatic carboxylic acids is 1. The molecule has 0 atom stereocenters. The van der Waals surface area contributed by atoms with Gasteiger partial charge in [-0.3, -0.25) is 4.79 Å². The lowest BCUT2D eigenvalue weighted by Gasteiger charge is -2.21. The molecule has 0 aromatic rings. The minimum Gasteiger partial charge on any atom is -0.481 e. The van der Waals surface area contributed by atoms with Crippen LogP contribution in [-0.4, -0.2) is 24.3 Å². The van der Waals surface area contributed by atoms with Crippen LogP contribution in [-0.2, 0) is 9.53 Å². The molecular weight excluding hydrogens is 264 g/mol. The van der Waals surface area contributed by atoms with Crippen molar-refractivity contribution in [2.24, 2.45) is 5.92 Å². The Morgan fingerprint density at radius 2 is 1.43 bits per heavy atom. The van der Waals surface area contributed by atoms with Crippen LogP contribution in [0.1, 0.15) is 89.9 Å². The lowest BCUT2D eigenvalue weighted by atomic mass is 9.90. The van der Waals surface area contributed by atoms with Crippen LogP contribution in [0.2, 0.25) is 0 Å². The Bertz CT molecular complexity index is 247. The summed E-state index contributed by atoms with van der Waals surface area (Å²) in [6, 6.07) is 0. The van der Waals surface area contributed by atoms with Gasteiger partial charge in [0, 0.05) is 19.6 Å². The highest BCUT2D eigenvalue weighted by atomic mass is 16.5. The third kappa shape index (κ3) is 11.7. The Labute approximate surface area is 130 Å². The highest BCUT2D eigenvalue weighted by molar-refractivity contribution is 5.66. The molecule has 0 saturated heterocycles. The fraction of sp³-hybridized carbons (Fsp3) is 0.944. The number of hydrogen-bond donors (Lipinski definition) is 1. The average molecular weight is 298 g/mol. The van der Waals surface area contributed by atoms with Gasteiger partial charge in [-0.25, -0.2) is 0 Å². The summed E-state index contributed by atoms with van der Waals surface area (Å²) in [7, 11) is 0. The molecule has 3 nitrogen and oxygen atoms in total. The largest absolute Gasteiger partial charge is 0.481 e. The first-order chi connectivity index (χ1) is 10.3. The van der Waals surface area contributed by atoms with Gasteiger partial charge in [0.25, 0.3) is 0 Å². The van der Waals surface area contributed by atoms with E-state index in [2.05, 4.69) is 0 Å². The van der Waals surface area contributed by atoms with Crippen LogP contribution in [0.4, 0.5) is 0 Å². The molecule has 0 aliphatic heterocycles. The zero-order chi connectivity index (χ0) is 15.2. The molecule has 0 aromatic heterocycles. The summed E-state index contributed by atoms with van der Waals surface area (Å²) in [4.78, 5) is 10.3. The van der Waals surface area contributed by atoms with Crippen molar-refractivity contribution in [2.45, 2.75) is 89.9 Å². The fourth-order valence-electron chi connectivity index (χ4n) is 3.14. The molecule has 0 spiro atoms. The van der Waals surface area contributed by atoms with Crippen molar-refractivity contribution in [3.05, 3.63) is 0 Å². The first-order valence-corrected chi connectivity index (χ1v) is 9.08. The van der Waals surface area contributed by atoms with E-state index in [4.69, 9.17) is 9.84 Å². The molecule has 1 aliphatic rings. The number of rotatable bonds is 13. The number of carboxylic acid groups (broad SMARTS) is 1. The second-order valence-electron chi connectivity index (χ2n) is 6.55. The molecule has 0 unspecified atom stereocenters. The van der Waals surface area contributed by atoms with Crippen molar-refractivity contribution >= 4 is 5.97 Å². The van der Waals surface area contributed by atoms with E-state index < -0.39 is 5.97 Å². The van der Waals surface area contributed by atoms with E-state index in [1.165, 1.54) is 70.6 Å². The van der Waals surface area contributed by atoms with Crippen molar-refractivity contribution < 1.29 is 14.6 Å². The van der Waals surface area contributed by atoms with Crippen molar-refractivity contribution in [1.29, 1.82) is 0 Å². The van der Waals surface area contributed by atoms with Crippen LogP contribution in [0.3, 0.4) is 0 Å². The summed E-state index contributed by atoms with van der Waals surface area (Å²) < 4.78 is 5.80. The van der Waals surface area contributed by atoms with Crippen molar-refractivity contribution in [3.63, 3.8) is 0 Å². The molecule has 1 rings (SSSR count). The third-order valence-corrected chi connectivity index (χ3v) is 4.51. The second-order valence-corrected chi connectivity index (χ2v) is 6.55. The third-order valence-electron chi connectivity index (χ3n) is 4.51. The molecule has 124 valence electrons. The second kappa shape index (κ2) is 13.1. The zero-order valence-corrected chi connectivity index (χ0v) is 13.7. The monoisotopic (exact) mass is 298 g/mol. The van der Waals surface area contributed by atoms with Crippen molar-refractivity contribution in [1.82, 2.24) is 0 Å². The zero-order valence-electron chi connectivity index (χ0n) is 13.7. The summed E-state index contributed by atoms with van der Waals surface area (Å²) in [5, 5.41) is 8.53. The highest BCUT2D eigenvalue weighted by Gasteiger charge is 2.12. The molecule has 0 radical (unpaired) electrons. The van der Waals surface area contributed by atoms with Crippen LogP contribution in [0.5, 0.6) is 0 Å². The number of hydrogen-bond acceptors (Lipinski definition) is 2. The van der Waals surface area contributed by atoms with Gasteiger partial charge in [0.15, 0.2) is 0 Å². The lowest BCUT2D eigenvalue weighted by molar-refractivity contribution is -0.137. The summed E-state index contributed by atoms with van der Waals surface area (Å²) in [6.45, 7) is 1.93. The molecule has 0 bridgehead atoms. The molecule has 1 saturated carbocycles. The minimum atomic E-state index is -0.664. The Kier molecular flexibility index (Phi) is 11.5. The van der Waals surface area contributed by atoms with Gasteiger partial charge in [0.2, 0.25) is 0 Å². The summed E-state index contributed by atoms with van der Waals surface area (Å²) >= 11 is 0. The van der Waals surface area contributed by atoms with E-state index >= 15 is 0 Å². The Morgan fingerprint density at radius 3 is 2.05 bits per heavy atom. The van der Waals surface area contributed by atoms with Gasteiger partial charge in [-0.15, -0.1) is 0 Å². The molecule has 1 fully saturated rings. The molecule has 1 N–H and O–H groups in total. The normalized spacial score (nSPS) is 16.2. The first kappa shape index (κ1) is 18.5. The maximum atomic E-state index is 10.3. The summed E-state index contributed by atoms with van der Waals surface area (Å²) in [5.41, 5.74) is 0. The van der Waals surface area contributed by atoms with Gasteiger partial charge < -0.3 is 9.84 Å². The van der Waals surface area contributed by atoms with Crippen LogP contribution in [0, 0.1) is 5.92 Å². The van der Waals surface area contributed by atoms with Crippen LogP contribution < -0.4 is 0 Å². The Morgan fingerprint density at radius 1 is 0.857 bits per heavy atom. The number of ether oxygens (including phenoxy) is 1. The number of carboxylic acids is 1. The lowest BCUT2D eigenvalue weighted by Crippen LogP contribution is -2.13. The van der Waals surface area contributed by atoms with Gasteiger partial charge >= 0.3 is 5.97 Å². The molecule has 0 amide bonds. The van der Waals surface area contributed by atoms with Crippen molar-refractivity contribution in [3.8, 4) is 0 Å². The minimum absolute atomic E-state index is 0.332. The summed E-state index contributed by atoms with van der Waals surface area (Å²) in [5.74, 6) is 0.174. The maximum Gasteiger partial charge on any atom is 0.303 e. The van der Waals surface area contributed by atoms with E-state index in [1.807, 2.05) is 0 Å². The van der Waals surface area contributed by atoms with Crippen LogP contribution in [0.25, 0.3) is 0 Å². The topological polar surface area (TPSA) is 46.5 Å². The standard InChI is InChI=1S/C18H34O3/c19-18(20)14-10-5-3-1-2-4-6-11-15-21-16-17-12-8-7-9-13-17/h17H,1-16H2,(H,19,20). The first-order valence-electron chi connectivity index (χ1n) is 9.08. The molecule has 21 heavy (non-hydrogen) atoms. The van der Waals surface area contributed by atoms with Gasteiger partial charge in [0.05, 0.1) is 0 Å². The number of carbonyl (C=O) groups is 1. The molecular formula is C18H34O3. The van der Waals surface area contributed by atoms with Gasteiger partial charge in [-0.05, 0) is 31.6 Å². The molecule has 3 heteroatoms. The molecule has 1 aliphatic carbocycles. The van der Waals surface area contributed by atoms with E-state index in [0.29, 0.717) is 6.42 Å². The smallest absolute Gasteiger partial charge is 0.303 e. The number of unbranched alkanes of at least 4 members (excludes halogenated alkanes) is 7. The molecule has 0 heterocycles. The van der Waals surface area contributed by atoms with E-state index in [9.17, 15) is 4.79 Å². The van der Waals surface area contributed by atoms with Gasteiger partial charge in [0.1, 0.15) is 0 Å². The Hall–Kier alpha value is -0.570. The highest BCUT2D eigenvalue weighted by Crippen LogP contribution is 2.23. The maximum absolute atomic E-state index is 10.3. The van der Waals surface area contributed by atoms with Gasteiger partial charge in [-0.2, -0.15) is 0 Å². The van der Waals surface area contributed by atoms with Crippen molar-refractivity contribution in [2.75, 3.05) is 13.2 Å². The summed E-state index contributed by atoms with van der Waals surface area (Å²) in [6.07, 6.45) is 16.7. The van der Waals surface area contributed by atoms with E-state index in [-0.39, 0.29) is 0 Å². The fourth-order valence-corrected chi connectivity index (χ4v) is 3.14. The van der Waals surface area contributed by atoms with E-state index in [1.54, 1.807) is 0 Å². The average Bonchev–Trinajstić information content (AvgIpc) is 2.49. The van der Waals surface area contributed by atoms with E-state index in [0.717, 1.165) is 32.0 Å². The predicted octanol–water partition coefficient (Wildman–Crippen LogP) is 5.18. The SMILES string of the molecule is O=C(O)CCCCCCCCCCOCC1CCCCC1. The Balaban J connectivity index is 1.71. The van der Waals surface area contributed by atoms with Crippen LogP contribution >= 0.6 is 0 Å². The van der Waals surface area contributed by atoms with Gasteiger partial charge in [-0.1, -0.05) is 57.8 Å².